The van der Waals surface area contributed by atoms with Crippen LogP contribution in [0.15, 0.2) is 105 Å². The number of benzene rings is 3. The van der Waals surface area contributed by atoms with Crippen molar-refractivity contribution >= 4 is 53.2 Å². The summed E-state index contributed by atoms with van der Waals surface area (Å²) in [5.74, 6) is -2.33. The lowest BCUT2D eigenvalue weighted by atomic mass is 9.79. The van der Waals surface area contributed by atoms with Crippen molar-refractivity contribution in [2.45, 2.75) is 56.4 Å². The second-order valence-electron chi connectivity index (χ2n) is 11.2. The Morgan fingerprint density at radius 3 is 1.79 bits per heavy atom. The summed E-state index contributed by atoms with van der Waals surface area (Å²) in [5, 5.41) is 14.4. The highest BCUT2D eigenvalue weighted by Gasteiger charge is 2.40. The van der Waals surface area contributed by atoms with Crippen LogP contribution in [0.3, 0.4) is 0 Å². The van der Waals surface area contributed by atoms with E-state index in [0.29, 0.717) is 17.4 Å². The molecule has 2 aliphatic rings. The van der Waals surface area contributed by atoms with Gasteiger partial charge in [0, 0.05) is 45.4 Å². The molecule has 1 unspecified atom stereocenters. The van der Waals surface area contributed by atoms with Crippen molar-refractivity contribution in [3.05, 3.63) is 111 Å². The number of carbonyl (C=O) groups excluding carboxylic acids is 2. The number of halogens is 1. The lowest BCUT2D eigenvalue weighted by molar-refractivity contribution is -0.385. The molecule has 5 rings (SSSR count). The zero-order valence-electron chi connectivity index (χ0n) is 28.3. The van der Waals surface area contributed by atoms with Crippen molar-refractivity contribution in [1.82, 2.24) is 10.2 Å². The molecule has 0 saturated heterocycles. The van der Waals surface area contributed by atoms with Gasteiger partial charge >= 0.3 is 11.9 Å². The summed E-state index contributed by atoms with van der Waals surface area (Å²) < 4.78 is 9.66. The van der Waals surface area contributed by atoms with E-state index in [1.165, 1.54) is 53.6 Å². The highest BCUT2D eigenvalue weighted by molar-refractivity contribution is 7.99. The summed E-state index contributed by atoms with van der Waals surface area (Å²) in [5.41, 5.74) is 3.87. The van der Waals surface area contributed by atoms with Gasteiger partial charge < -0.3 is 19.7 Å². The number of carbonyl (C=O) groups is 2. The van der Waals surface area contributed by atoms with Gasteiger partial charge in [0.15, 0.2) is 0 Å². The van der Waals surface area contributed by atoms with Gasteiger partial charge in [-0.2, -0.15) is 0 Å². The molecule has 2 heterocycles. The molecule has 0 spiro atoms. The number of nitro benzene ring substituents is 1. The van der Waals surface area contributed by atoms with E-state index in [1.54, 1.807) is 19.9 Å². The van der Waals surface area contributed by atoms with Crippen LogP contribution in [0, 0.1) is 10.1 Å². The number of rotatable bonds is 9. The first-order chi connectivity index (χ1) is 22.6. The predicted octanol–water partition coefficient (Wildman–Crippen LogP) is 7.62. The summed E-state index contributed by atoms with van der Waals surface area (Å²) in [7, 11) is 2.42. The number of dihydropyridines is 1. The molecule has 256 valence electrons. The van der Waals surface area contributed by atoms with E-state index in [9.17, 15) is 19.7 Å². The normalized spacial score (nSPS) is 14.5. The number of hydrogen-bond donors (Lipinski definition) is 1. The zero-order chi connectivity index (χ0) is 34.2. The highest BCUT2D eigenvalue weighted by Crippen LogP contribution is 2.48. The van der Waals surface area contributed by atoms with Crippen LogP contribution in [0.2, 0.25) is 0 Å². The van der Waals surface area contributed by atoms with E-state index >= 15 is 0 Å². The highest BCUT2D eigenvalue weighted by atomic mass is 35.5. The molecule has 0 aromatic heterocycles. The van der Waals surface area contributed by atoms with Gasteiger partial charge in [-0.1, -0.05) is 68.1 Å². The number of para-hydroxylation sites is 3. The summed E-state index contributed by atoms with van der Waals surface area (Å²) in [6.07, 6.45) is 0. The SMILES string of the molecule is CCN(CC)C(C)CN1c2ccccc2Sc2ccccc21.COC(=O)C1=C(C)NC(C)=C(C(=O)OC)C1c1ccccc1[N+](=O)[O-].Cl. The molecular formula is C36H43ClN4O6S. The predicted molar refractivity (Wildman–Crippen MR) is 192 cm³/mol. The monoisotopic (exact) mass is 694 g/mol. The molecule has 3 aromatic rings. The number of ether oxygens (including phenoxy) is 2. The number of hydrogen-bond acceptors (Lipinski definition) is 10. The largest absolute Gasteiger partial charge is 0.466 e. The van der Waals surface area contributed by atoms with Crippen molar-refractivity contribution in [3.63, 3.8) is 0 Å². The van der Waals surface area contributed by atoms with Gasteiger partial charge in [0.1, 0.15) is 0 Å². The topological polar surface area (TPSA) is 114 Å². The number of methoxy groups -OCH3 is 2. The zero-order valence-corrected chi connectivity index (χ0v) is 29.9. The molecule has 0 aliphatic carbocycles. The molecule has 0 radical (unpaired) electrons. The number of nitro groups is 1. The van der Waals surface area contributed by atoms with Gasteiger partial charge in [0.2, 0.25) is 0 Å². The van der Waals surface area contributed by atoms with Crippen LogP contribution < -0.4 is 10.2 Å². The van der Waals surface area contributed by atoms with Crippen LogP contribution in [0.25, 0.3) is 0 Å². The first-order valence-electron chi connectivity index (χ1n) is 15.5. The molecule has 12 heteroatoms. The Morgan fingerprint density at radius 2 is 1.33 bits per heavy atom. The molecule has 10 nitrogen and oxygen atoms in total. The van der Waals surface area contributed by atoms with E-state index in [4.69, 9.17) is 9.47 Å². The quantitative estimate of drug-likeness (QED) is 0.136. The minimum Gasteiger partial charge on any atom is -0.466 e. The summed E-state index contributed by atoms with van der Waals surface area (Å²) in [6.45, 7) is 13.3. The second kappa shape index (κ2) is 17.2. The van der Waals surface area contributed by atoms with Crippen LogP contribution in [0.5, 0.6) is 0 Å². The Kier molecular flexibility index (Phi) is 13.7. The van der Waals surface area contributed by atoms with Crippen molar-refractivity contribution in [2.24, 2.45) is 0 Å². The van der Waals surface area contributed by atoms with Crippen molar-refractivity contribution in [2.75, 3.05) is 38.8 Å². The first-order valence-corrected chi connectivity index (χ1v) is 16.3. The number of allylic oxidation sites excluding steroid dienone is 2. The van der Waals surface area contributed by atoms with Gasteiger partial charge in [-0.25, -0.2) is 9.59 Å². The maximum absolute atomic E-state index is 12.3. The van der Waals surface area contributed by atoms with Crippen LogP contribution in [-0.4, -0.2) is 61.7 Å². The number of nitrogens with zero attached hydrogens (tertiary/aromatic N) is 3. The average Bonchev–Trinajstić information content (AvgIpc) is 3.08. The third-order valence-electron chi connectivity index (χ3n) is 8.43. The molecule has 1 atom stereocenters. The molecule has 0 fully saturated rings. The lowest BCUT2D eigenvalue weighted by Crippen LogP contribution is -2.41. The van der Waals surface area contributed by atoms with Gasteiger partial charge in [-0.3, -0.25) is 15.0 Å². The number of likely N-dealkylation sites (N-methyl/N-ethyl adjacent to an activating group) is 1. The van der Waals surface area contributed by atoms with Gasteiger partial charge in [-0.05, 0) is 58.1 Å². The molecule has 2 aliphatic heterocycles. The Morgan fingerprint density at radius 1 is 0.875 bits per heavy atom. The fourth-order valence-corrected chi connectivity index (χ4v) is 7.26. The number of nitrogens with one attached hydrogen (secondary N) is 1. The Labute approximate surface area is 292 Å². The first kappa shape index (κ1) is 38.1. The smallest absolute Gasteiger partial charge is 0.336 e. The Hall–Kier alpha value is -4.32. The maximum atomic E-state index is 12.3. The van der Waals surface area contributed by atoms with Crippen LogP contribution in [-0.2, 0) is 19.1 Å². The van der Waals surface area contributed by atoms with E-state index < -0.39 is 22.8 Å². The van der Waals surface area contributed by atoms with Crippen LogP contribution in [0.4, 0.5) is 17.1 Å². The summed E-state index contributed by atoms with van der Waals surface area (Å²) in [6, 6.07) is 24.0. The molecule has 3 aromatic carbocycles. The van der Waals surface area contributed by atoms with E-state index in [1.807, 2.05) is 11.8 Å². The lowest BCUT2D eigenvalue weighted by Gasteiger charge is -2.37. The fraction of sp³-hybridized carbons (Fsp3) is 0.333. The fourth-order valence-electron chi connectivity index (χ4n) is 6.17. The minimum atomic E-state index is -0.970. The van der Waals surface area contributed by atoms with E-state index in [2.05, 4.69) is 84.4 Å². The Bertz CT molecular complexity index is 1620. The average molecular weight is 695 g/mol. The standard InChI is InChI=1S/C19H24N2S.C17H18N2O6.ClH/c1-4-20(5-2)15(3)14-21-16-10-6-8-12-18(16)22-19-13-9-7-11-17(19)21;1-9-13(16(20)24-3)15(14(10(2)18-9)17(21)25-4)11-7-5-6-8-12(11)19(22)23;/h6-13,15H,4-5,14H2,1-3H3;5-8,15,18H,1-4H3;1H. The van der Waals surface area contributed by atoms with Gasteiger partial charge in [-0.15, -0.1) is 12.4 Å². The molecule has 0 saturated carbocycles. The van der Waals surface area contributed by atoms with Crippen LogP contribution in [0.1, 0.15) is 46.1 Å². The molecular weight excluding hydrogens is 652 g/mol. The third kappa shape index (κ3) is 8.03. The van der Waals surface area contributed by atoms with Gasteiger partial charge in [0.05, 0.1) is 47.6 Å². The van der Waals surface area contributed by atoms with Crippen molar-refractivity contribution in [1.29, 1.82) is 0 Å². The molecule has 1 N–H and O–H groups in total. The van der Waals surface area contributed by atoms with Gasteiger partial charge in [0.25, 0.3) is 5.69 Å². The van der Waals surface area contributed by atoms with Crippen LogP contribution >= 0.6 is 24.2 Å². The van der Waals surface area contributed by atoms with E-state index in [-0.39, 0.29) is 34.8 Å². The third-order valence-corrected chi connectivity index (χ3v) is 9.56. The number of esters is 2. The summed E-state index contributed by atoms with van der Waals surface area (Å²) >= 11 is 1.88. The second-order valence-corrected chi connectivity index (χ2v) is 12.2. The molecule has 0 amide bonds. The summed E-state index contributed by atoms with van der Waals surface area (Å²) in [4.78, 5) is 43.3. The minimum absolute atomic E-state index is 0. The molecule has 48 heavy (non-hydrogen) atoms. The molecule has 0 bridgehead atoms. The van der Waals surface area contributed by atoms with E-state index in [0.717, 1.165) is 19.6 Å². The van der Waals surface area contributed by atoms with Crippen molar-refractivity contribution < 1.29 is 24.0 Å². The maximum Gasteiger partial charge on any atom is 0.336 e. The van der Waals surface area contributed by atoms with Crippen molar-refractivity contribution in [3.8, 4) is 0 Å². The number of fused-ring (bicyclic) bond motifs is 2. The Balaban J connectivity index is 0.000000257. The number of anilines is 2.